The van der Waals surface area contributed by atoms with Crippen LogP contribution in [0.15, 0.2) is 30.3 Å². The lowest BCUT2D eigenvalue weighted by Crippen LogP contribution is -2.54. The summed E-state index contributed by atoms with van der Waals surface area (Å²) in [5.74, 6) is -0.590. The summed E-state index contributed by atoms with van der Waals surface area (Å²) in [5, 5.41) is 10.3. The normalized spacial score (nSPS) is 23.5. The molecule has 0 saturated carbocycles. The summed E-state index contributed by atoms with van der Waals surface area (Å²) < 4.78 is 4.69. The zero-order chi connectivity index (χ0) is 15.5. The molecular formula is C16H24N2O3. The van der Waals surface area contributed by atoms with E-state index >= 15 is 0 Å². The van der Waals surface area contributed by atoms with E-state index < -0.39 is 11.6 Å². The van der Waals surface area contributed by atoms with Crippen molar-refractivity contribution in [2.24, 2.45) is 0 Å². The Morgan fingerprint density at radius 2 is 2.05 bits per heavy atom. The lowest BCUT2D eigenvalue weighted by atomic mass is 9.99. The molecule has 1 heterocycles. The monoisotopic (exact) mass is 292 g/mol. The van der Waals surface area contributed by atoms with Crippen molar-refractivity contribution in [3.8, 4) is 0 Å². The maximum Gasteiger partial charge on any atom is 0.338 e. The van der Waals surface area contributed by atoms with E-state index in [0.29, 0.717) is 0 Å². The molecule has 116 valence electrons. The molecule has 1 N–H and O–H groups in total. The molecule has 2 rings (SSSR count). The lowest BCUT2D eigenvalue weighted by Gasteiger charge is -2.42. The van der Waals surface area contributed by atoms with Crippen LogP contribution in [0.1, 0.15) is 18.5 Å². The van der Waals surface area contributed by atoms with Crippen LogP contribution in [0, 0.1) is 0 Å². The van der Waals surface area contributed by atoms with Crippen LogP contribution in [0.25, 0.3) is 0 Å². The number of esters is 1. The quantitative estimate of drug-likeness (QED) is 0.836. The minimum Gasteiger partial charge on any atom is -0.467 e. The maximum absolute atomic E-state index is 11.7. The van der Waals surface area contributed by atoms with Gasteiger partial charge in [-0.3, -0.25) is 4.90 Å². The van der Waals surface area contributed by atoms with Crippen molar-refractivity contribution in [1.82, 2.24) is 9.80 Å². The third-order valence-electron chi connectivity index (χ3n) is 4.01. The molecule has 21 heavy (non-hydrogen) atoms. The Hall–Kier alpha value is -1.43. The molecule has 2 atom stereocenters. The fourth-order valence-corrected chi connectivity index (χ4v) is 2.82. The highest BCUT2D eigenvalue weighted by Crippen LogP contribution is 2.26. The van der Waals surface area contributed by atoms with Gasteiger partial charge in [-0.15, -0.1) is 0 Å². The number of β-amino-alcohol motifs (C(OH)–C–C–N with tert-alkyl or cyclic N) is 1. The maximum atomic E-state index is 11.7. The number of likely N-dealkylation sites (N-methyl/N-ethyl adjacent to an activating group) is 1. The molecular weight excluding hydrogens is 268 g/mol. The van der Waals surface area contributed by atoms with Crippen molar-refractivity contribution in [2.45, 2.75) is 18.6 Å². The van der Waals surface area contributed by atoms with Gasteiger partial charge in [0, 0.05) is 32.2 Å². The number of aliphatic hydroxyl groups is 1. The Morgan fingerprint density at radius 3 is 2.67 bits per heavy atom. The van der Waals surface area contributed by atoms with Crippen LogP contribution < -0.4 is 0 Å². The van der Waals surface area contributed by atoms with Gasteiger partial charge in [-0.1, -0.05) is 30.3 Å². The molecule has 1 aromatic carbocycles. The zero-order valence-electron chi connectivity index (χ0n) is 13.0. The Morgan fingerprint density at radius 1 is 1.38 bits per heavy atom. The van der Waals surface area contributed by atoms with Crippen molar-refractivity contribution in [3.63, 3.8) is 0 Å². The van der Waals surface area contributed by atoms with Gasteiger partial charge < -0.3 is 14.7 Å². The third-order valence-corrected chi connectivity index (χ3v) is 4.01. The first-order chi connectivity index (χ1) is 9.94. The first-order valence-electron chi connectivity index (χ1n) is 7.22. The van der Waals surface area contributed by atoms with Gasteiger partial charge in [-0.05, 0) is 19.5 Å². The molecule has 0 radical (unpaired) electrons. The van der Waals surface area contributed by atoms with Gasteiger partial charge in [0.05, 0.1) is 7.11 Å². The molecule has 1 saturated heterocycles. The van der Waals surface area contributed by atoms with Crippen molar-refractivity contribution < 1.29 is 14.6 Å². The number of carbonyl (C=O) groups excluding carboxylic acids is 1. The molecule has 5 heteroatoms. The van der Waals surface area contributed by atoms with Crippen LogP contribution in [0.3, 0.4) is 0 Å². The second-order valence-electron chi connectivity index (χ2n) is 5.92. The predicted molar refractivity (Wildman–Crippen MR) is 80.9 cm³/mol. The summed E-state index contributed by atoms with van der Waals surface area (Å²) >= 11 is 0. The minimum absolute atomic E-state index is 0.168. The largest absolute Gasteiger partial charge is 0.467 e. The summed E-state index contributed by atoms with van der Waals surface area (Å²) in [7, 11) is 3.39. The average molecular weight is 292 g/mol. The number of methoxy groups -OCH3 is 1. The molecule has 0 aromatic heterocycles. The van der Waals surface area contributed by atoms with Gasteiger partial charge in [-0.2, -0.15) is 0 Å². The van der Waals surface area contributed by atoms with Crippen molar-refractivity contribution >= 4 is 5.97 Å². The van der Waals surface area contributed by atoms with E-state index in [1.165, 1.54) is 19.6 Å². The molecule has 1 aliphatic rings. The number of piperazine rings is 1. The van der Waals surface area contributed by atoms with Crippen LogP contribution in [0.4, 0.5) is 0 Å². The second kappa shape index (κ2) is 6.56. The van der Waals surface area contributed by atoms with Crippen molar-refractivity contribution in [3.05, 3.63) is 35.9 Å². The van der Waals surface area contributed by atoms with E-state index in [-0.39, 0.29) is 12.6 Å². The highest BCUT2D eigenvalue weighted by Gasteiger charge is 2.37. The minimum atomic E-state index is -1.49. The highest BCUT2D eigenvalue weighted by atomic mass is 16.5. The van der Waals surface area contributed by atoms with Gasteiger partial charge >= 0.3 is 5.97 Å². The summed E-state index contributed by atoms with van der Waals surface area (Å²) in [4.78, 5) is 16.1. The Labute approximate surface area is 126 Å². The topological polar surface area (TPSA) is 53.0 Å². The van der Waals surface area contributed by atoms with Crippen molar-refractivity contribution in [2.75, 3.05) is 40.3 Å². The molecule has 2 unspecified atom stereocenters. The highest BCUT2D eigenvalue weighted by molar-refractivity contribution is 5.78. The van der Waals surface area contributed by atoms with Crippen LogP contribution in [-0.2, 0) is 9.53 Å². The van der Waals surface area contributed by atoms with E-state index in [4.69, 9.17) is 4.74 Å². The van der Waals surface area contributed by atoms with E-state index in [1.807, 2.05) is 18.2 Å². The van der Waals surface area contributed by atoms with Gasteiger partial charge in [0.15, 0.2) is 5.60 Å². The zero-order valence-corrected chi connectivity index (χ0v) is 13.0. The summed E-state index contributed by atoms with van der Waals surface area (Å²) in [6, 6.07) is 10.4. The van der Waals surface area contributed by atoms with Crippen LogP contribution >= 0.6 is 0 Å². The molecule has 1 aliphatic heterocycles. The Kier molecular flexibility index (Phi) is 4.98. The number of nitrogens with zero attached hydrogens (tertiary/aromatic N) is 2. The summed E-state index contributed by atoms with van der Waals surface area (Å²) in [5.41, 5.74) is -0.290. The first-order valence-corrected chi connectivity index (χ1v) is 7.22. The van der Waals surface area contributed by atoms with Gasteiger partial charge in [0.25, 0.3) is 0 Å². The molecule has 0 spiro atoms. The SMILES string of the molecule is COC(=O)C(C)(O)CN1CCN(C)CC1c1ccccc1. The molecule has 0 bridgehead atoms. The first kappa shape index (κ1) is 15.9. The smallest absolute Gasteiger partial charge is 0.338 e. The third kappa shape index (κ3) is 3.81. The molecule has 1 fully saturated rings. The van der Waals surface area contributed by atoms with E-state index in [1.54, 1.807) is 0 Å². The molecule has 1 aromatic rings. The number of rotatable bonds is 4. The number of benzene rings is 1. The Balaban J connectivity index is 2.18. The van der Waals surface area contributed by atoms with Gasteiger partial charge in [0.2, 0.25) is 0 Å². The fourth-order valence-electron chi connectivity index (χ4n) is 2.82. The summed E-state index contributed by atoms with van der Waals surface area (Å²) in [6.45, 7) is 4.39. The molecule has 5 nitrogen and oxygen atoms in total. The van der Waals surface area contributed by atoms with Crippen LogP contribution in [0.2, 0.25) is 0 Å². The van der Waals surface area contributed by atoms with E-state index in [0.717, 1.165) is 19.6 Å². The van der Waals surface area contributed by atoms with Crippen LogP contribution in [-0.4, -0.2) is 66.8 Å². The fraction of sp³-hybridized carbons (Fsp3) is 0.562. The number of hydrogen-bond donors (Lipinski definition) is 1. The number of carbonyl (C=O) groups is 1. The molecule has 0 amide bonds. The van der Waals surface area contributed by atoms with Gasteiger partial charge in [0.1, 0.15) is 0 Å². The van der Waals surface area contributed by atoms with E-state index in [2.05, 4.69) is 29.0 Å². The number of ether oxygens (including phenoxy) is 1. The van der Waals surface area contributed by atoms with Crippen LogP contribution in [0.5, 0.6) is 0 Å². The number of hydrogen-bond acceptors (Lipinski definition) is 5. The van der Waals surface area contributed by atoms with Gasteiger partial charge in [-0.25, -0.2) is 4.79 Å². The Bertz CT molecular complexity index is 476. The average Bonchev–Trinajstić information content (AvgIpc) is 2.49. The second-order valence-corrected chi connectivity index (χ2v) is 5.92. The van der Waals surface area contributed by atoms with Crippen molar-refractivity contribution in [1.29, 1.82) is 0 Å². The lowest BCUT2D eigenvalue weighted by molar-refractivity contribution is -0.163. The molecule has 0 aliphatic carbocycles. The van der Waals surface area contributed by atoms with E-state index in [9.17, 15) is 9.90 Å². The predicted octanol–water partition coefficient (Wildman–Crippen LogP) is 0.899. The summed E-state index contributed by atoms with van der Waals surface area (Å²) in [6.07, 6.45) is 0. The standard InChI is InChI=1S/C16H24N2O3/c1-16(20,15(19)21-3)12-18-10-9-17(2)11-14(18)13-7-5-4-6-8-13/h4-8,14,20H,9-12H2,1-3H3.